The van der Waals surface area contributed by atoms with Crippen molar-refractivity contribution in [2.75, 3.05) is 31.6 Å². The Bertz CT molecular complexity index is 446. The van der Waals surface area contributed by atoms with Crippen molar-refractivity contribution in [1.29, 1.82) is 0 Å². The van der Waals surface area contributed by atoms with E-state index in [1.807, 2.05) is 13.0 Å². The van der Waals surface area contributed by atoms with E-state index in [9.17, 15) is 4.39 Å². The largest absolute Gasteiger partial charge is 0.357 e. The second kappa shape index (κ2) is 12.5. The van der Waals surface area contributed by atoms with Crippen molar-refractivity contribution < 1.29 is 4.39 Å². The minimum Gasteiger partial charge on any atom is -0.357 e. The summed E-state index contributed by atoms with van der Waals surface area (Å²) in [6.45, 7) is 4.46. The van der Waals surface area contributed by atoms with Gasteiger partial charge in [0.1, 0.15) is 5.82 Å². The van der Waals surface area contributed by atoms with Crippen LogP contribution in [0.1, 0.15) is 12.5 Å². The van der Waals surface area contributed by atoms with Crippen LogP contribution in [0.15, 0.2) is 27.7 Å². The third-order valence-corrected chi connectivity index (χ3v) is 3.80. The van der Waals surface area contributed by atoms with Crippen molar-refractivity contribution in [3.63, 3.8) is 0 Å². The molecule has 0 spiro atoms. The van der Waals surface area contributed by atoms with E-state index in [4.69, 9.17) is 0 Å². The SMILES string of the molecule is CCNC(=NCCSC)NCCc1ccc(F)c(Br)c1.I. The Labute approximate surface area is 156 Å². The van der Waals surface area contributed by atoms with Gasteiger partial charge in [0.2, 0.25) is 0 Å². The summed E-state index contributed by atoms with van der Waals surface area (Å²) < 4.78 is 13.6. The van der Waals surface area contributed by atoms with Gasteiger partial charge in [-0.1, -0.05) is 6.07 Å². The monoisotopic (exact) mass is 489 g/mol. The fourth-order valence-corrected chi connectivity index (χ4v) is 2.31. The average Bonchev–Trinajstić information content (AvgIpc) is 2.43. The third-order valence-electron chi connectivity index (χ3n) is 2.60. The molecule has 0 atom stereocenters. The minimum atomic E-state index is -0.228. The molecule has 0 unspecified atom stereocenters. The van der Waals surface area contributed by atoms with Crippen molar-refractivity contribution in [3.05, 3.63) is 34.1 Å². The molecule has 0 fully saturated rings. The molecule has 0 aromatic heterocycles. The lowest BCUT2D eigenvalue weighted by atomic mass is 10.1. The molecule has 0 heterocycles. The van der Waals surface area contributed by atoms with Gasteiger partial charge >= 0.3 is 0 Å². The molecule has 0 amide bonds. The third kappa shape index (κ3) is 8.87. The normalized spacial score (nSPS) is 11.0. The summed E-state index contributed by atoms with van der Waals surface area (Å²) in [5, 5.41) is 6.49. The lowest BCUT2D eigenvalue weighted by Crippen LogP contribution is -2.38. The smallest absolute Gasteiger partial charge is 0.191 e. The molecule has 2 N–H and O–H groups in total. The zero-order valence-corrected chi connectivity index (χ0v) is 17.0. The molecular formula is C14H22BrFIN3S. The van der Waals surface area contributed by atoms with E-state index >= 15 is 0 Å². The van der Waals surface area contributed by atoms with Crippen molar-refractivity contribution in [2.24, 2.45) is 4.99 Å². The molecule has 1 aromatic rings. The zero-order chi connectivity index (χ0) is 14.8. The Hall–Kier alpha value is -0.0200. The molecule has 0 aliphatic rings. The lowest BCUT2D eigenvalue weighted by molar-refractivity contribution is 0.620. The molecular weight excluding hydrogens is 468 g/mol. The van der Waals surface area contributed by atoms with E-state index in [0.717, 1.165) is 43.3 Å². The number of nitrogens with zero attached hydrogens (tertiary/aromatic N) is 1. The summed E-state index contributed by atoms with van der Waals surface area (Å²) in [4.78, 5) is 4.47. The van der Waals surface area contributed by atoms with Gasteiger partial charge in [0.25, 0.3) is 0 Å². The Morgan fingerprint density at radius 1 is 1.38 bits per heavy atom. The number of benzene rings is 1. The first-order valence-corrected chi connectivity index (χ1v) is 8.81. The Morgan fingerprint density at radius 2 is 2.14 bits per heavy atom. The average molecular weight is 490 g/mol. The number of nitrogens with one attached hydrogen (secondary N) is 2. The summed E-state index contributed by atoms with van der Waals surface area (Å²) in [5.41, 5.74) is 1.09. The number of hydrogen-bond donors (Lipinski definition) is 2. The molecule has 3 nitrogen and oxygen atoms in total. The van der Waals surface area contributed by atoms with Crippen LogP contribution < -0.4 is 10.6 Å². The van der Waals surface area contributed by atoms with Crippen molar-refractivity contribution >= 4 is 57.6 Å². The van der Waals surface area contributed by atoms with E-state index < -0.39 is 0 Å². The van der Waals surface area contributed by atoms with Crippen LogP contribution >= 0.6 is 51.7 Å². The predicted molar refractivity (Wildman–Crippen MR) is 106 cm³/mol. The molecule has 0 radical (unpaired) electrons. The summed E-state index contributed by atoms with van der Waals surface area (Å²) in [6, 6.07) is 5.10. The number of rotatable bonds is 7. The first kappa shape index (κ1) is 21.0. The maximum Gasteiger partial charge on any atom is 0.191 e. The van der Waals surface area contributed by atoms with Gasteiger partial charge in [-0.3, -0.25) is 4.99 Å². The highest BCUT2D eigenvalue weighted by Gasteiger charge is 2.01. The van der Waals surface area contributed by atoms with E-state index in [2.05, 4.69) is 37.8 Å². The number of guanidine groups is 1. The van der Waals surface area contributed by atoms with Gasteiger partial charge in [-0.05, 0) is 53.2 Å². The van der Waals surface area contributed by atoms with Gasteiger partial charge in [0.05, 0.1) is 11.0 Å². The second-order valence-corrected chi connectivity index (χ2v) is 6.02. The maximum absolute atomic E-state index is 13.1. The molecule has 0 saturated carbocycles. The van der Waals surface area contributed by atoms with Crippen molar-refractivity contribution in [3.8, 4) is 0 Å². The molecule has 7 heteroatoms. The Kier molecular flexibility index (Phi) is 12.5. The van der Waals surface area contributed by atoms with Crippen LogP contribution in [0.25, 0.3) is 0 Å². The van der Waals surface area contributed by atoms with E-state index in [1.54, 1.807) is 17.8 Å². The van der Waals surface area contributed by atoms with Gasteiger partial charge < -0.3 is 10.6 Å². The fourth-order valence-electron chi connectivity index (χ4n) is 1.61. The molecule has 21 heavy (non-hydrogen) atoms. The number of aliphatic imine (C=N–C) groups is 1. The van der Waals surface area contributed by atoms with Crippen LogP contribution in [-0.2, 0) is 6.42 Å². The molecule has 1 rings (SSSR count). The fraction of sp³-hybridized carbons (Fsp3) is 0.500. The quantitative estimate of drug-likeness (QED) is 0.265. The van der Waals surface area contributed by atoms with Crippen LogP contribution in [-0.4, -0.2) is 37.6 Å². The number of thioether (sulfide) groups is 1. The van der Waals surface area contributed by atoms with Crippen LogP contribution in [0.4, 0.5) is 4.39 Å². The topological polar surface area (TPSA) is 36.4 Å². The molecule has 0 saturated heterocycles. The van der Waals surface area contributed by atoms with Gasteiger partial charge in [-0.25, -0.2) is 4.39 Å². The van der Waals surface area contributed by atoms with Gasteiger partial charge in [-0.15, -0.1) is 24.0 Å². The lowest BCUT2D eigenvalue weighted by Gasteiger charge is -2.11. The molecule has 120 valence electrons. The Morgan fingerprint density at radius 3 is 2.76 bits per heavy atom. The summed E-state index contributed by atoms with van der Waals surface area (Å²) in [7, 11) is 0. The van der Waals surface area contributed by atoms with Crippen LogP contribution in [0.5, 0.6) is 0 Å². The molecule has 1 aromatic carbocycles. The molecule has 0 bridgehead atoms. The number of hydrogen-bond acceptors (Lipinski definition) is 2. The molecule has 0 aliphatic carbocycles. The predicted octanol–water partition coefficient (Wildman–Crippen LogP) is 3.67. The van der Waals surface area contributed by atoms with Gasteiger partial charge in [-0.2, -0.15) is 11.8 Å². The first-order valence-electron chi connectivity index (χ1n) is 6.62. The second-order valence-electron chi connectivity index (χ2n) is 4.18. The van der Waals surface area contributed by atoms with E-state index in [-0.39, 0.29) is 29.8 Å². The van der Waals surface area contributed by atoms with Crippen LogP contribution in [0.3, 0.4) is 0 Å². The van der Waals surface area contributed by atoms with Crippen molar-refractivity contribution in [2.45, 2.75) is 13.3 Å². The zero-order valence-electron chi connectivity index (χ0n) is 12.3. The van der Waals surface area contributed by atoms with Crippen LogP contribution in [0.2, 0.25) is 0 Å². The molecule has 0 aliphatic heterocycles. The van der Waals surface area contributed by atoms with Gasteiger partial charge in [0, 0.05) is 18.8 Å². The summed E-state index contributed by atoms with van der Waals surface area (Å²) >= 11 is 4.98. The highest BCUT2D eigenvalue weighted by atomic mass is 127. The summed E-state index contributed by atoms with van der Waals surface area (Å²) in [6.07, 6.45) is 2.90. The van der Waals surface area contributed by atoms with Crippen LogP contribution in [0, 0.1) is 5.82 Å². The Balaban J connectivity index is 0.00000400. The standard InChI is InChI=1S/C14H21BrFN3S.HI/c1-3-17-14(19-8-9-20-2)18-7-6-11-4-5-13(16)12(15)10-11;/h4-5,10H,3,6-9H2,1-2H3,(H2,17,18,19);1H. The minimum absolute atomic E-state index is 0. The van der Waals surface area contributed by atoms with E-state index in [0.29, 0.717) is 4.47 Å². The van der Waals surface area contributed by atoms with Crippen molar-refractivity contribution in [1.82, 2.24) is 10.6 Å². The highest BCUT2D eigenvalue weighted by Crippen LogP contribution is 2.16. The number of halogens is 3. The first-order chi connectivity index (χ1) is 9.67. The maximum atomic E-state index is 13.1. The van der Waals surface area contributed by atoms with E-state index in [1.165, 1.54) is 6.07 Å². The highest BCUT2D eigenvalue weighted by molar-refractivity contribution is 14.0. The van der Waals surface area contributed by atoms with Gasteiger partial charge in [0.15, 0.2) is 5.96 Å². The summed E-state index contributed by atoms with van der Waals surface area (Å²) in [5.74, 6) is 1.62.